The summed E-state index contributed by atoms with van der Waals surface area (Å²) in [6.07, 6.45) is 2.42. The van der Waals surface area contributed by atoms with E-state index in [9.17, 15) is 8.42 Å². The van der Waals surface area contributed by atoms with Gasteiger partial charge in [0.1, 0.15) is 0 Å². The van der Waals surface area contributed by atoms with Crippen molar-refractivity contribution in [3.8, 4) is 0 Å². The van der Waals surface area contributed by atoms with Gasteiger partial charge in [-0.1, -0.05) is 0 Å². The molecule has 1 aromatic carbocycles. The number of nitrogens with zero attached hydrogens (tertiary/aromatic N) is 1. The zero-order chi connectivity index (χ0) is 14.8. The summed E-state index contributed by atoms with van der Waals surface area (Å²) in [4.78, 5) is 2.57. The normalized spacial score (nSPS) is 16.7. The summed E-state index contributed by atoms with van der Waals surface area (Å²) >= 11 is 0. The smallest absolute Gasteiger partial charge is 0.240 e. The Bertz CT molecular complexity index is 578. The molecule has 1 aromatic rings. The van der Waals surface area contributed by atoms with Gasteiger partial charge in [-0.3, -0.25) is 0 Å². The molecule has 6 heteroatoms. The zero-order valence-corrected chi connectivity index (χ0v) is 13.0. The standard InChI is InChI=1S/C14H23N3O2S/c1-11-9-13(15)12(2)14(10-11)20(18,19)16-5-8-17-6-3-4-7-17/h9-10,16H,3-8,15H2,1-2H3. The van der Waals surface area contributed by atoms with Crippen molar-refractivity contribution in [3.05, 3.63) is 23.3 Å². The minimum Gasteiger partial charge on any atom is -0.398 e. The van der Waals surface area contributed by atoms with Crippen LogP contribution < -0.4 is 10.5 Å². The first-order chi connectivity index (χ1) is 9.40. The van der Waals surface area contributed by atoms with Crippen LogP contribution in [0, 0.1) is 13.8 Å². The lowest BCUT2D eigenvalue weighted by molar-refractivity contribution is 0.344. The second-order valence-corrected chi connectivity index (χ2v) is 7.16. The predicted octanol–water partition coefficient (Wildman–Crippen LogP) is 1.26. The summed E-state index contributed by atoms with van der Waals surface area (Å²) in [5.74, 6) is 0. The molecule has 1 heterocycles. The lowest BCUT2D eigenvalue weighted by Gasteiger charge is -2.16. The molecule has 0 unspecified atom stereocenters. The third-order valence-corrected chi connectivity index (χ3v) is 5.34. The first-order valence-corrected chi connectivity index (χ1v) is 8.47. The van der Waals surface area contributed by atoms with Crippen molar-refractivity contribution < 1.29 is 8.42 Å². The number of benzene rings is 1. The van der Waals surface area contributed by atoms with Crippen LogP contribution in [0.4, 0.5) is 5.69 Å². The van der Waals surface area contributed by atoms with Gasteiger partial charge in [-0.05, 0) is 63.0 Å². The van der Waals surface area contributed by atoms with Crippen molar-refractivity contribution in [2.75, 3.05) is 31.9 Å². The van der Waals surface area contributed by atoms with Crippen molar-refractivity contribution >= 4 is 15.7 Å². The summed E-state index contributed by atoms with van der Waals surface area (Å²) in [6, 6.07) is 3.46. The lowest BCUT2D eigenvalue weighted by Crippen LogP contribution is -2.33. The third-order valence-electron chi connectivity index (χ3n) is 3.75. The van der Waals surface area contributed by atoms with Gasteiger partial charge in [0.25, 0.3) is 0 Å². The molecular formula is C14H23N3O2S. The number of nitrogen functional groups attached to an aromatic ring is 1. The molecule has 1 aliphatic rings. The molecule has 3 N–H and O–H groups in total. The maximum Gasteiger partial charge on any atom is 0.240 e. The highest BCUT2D eigenvalue weighted by Crippen LogP contribution is 2.22. The molecule has 0 bridgehead atoms. The molecule has 0 aliphatic carbocycles. The molecule has 0 amide bonds. The van der Waals surface area contributed by atoms with E-state index in [1.54, 1.807) is 19.1 Å². The largest absolute Gasteiger partial charge is 0.398 e. The number of nitrogens with one attached hydrogen (secondary N) is 1. The molecule has 0 saturated carbocycles. The van der Waals surface area contributed by atoms with Gasteiger partial charge in [0.2, 0.25) is 10.0 Å². The van der Waals surface area contributed by atoms with E-state index in [0.29, 0.717) is 17.8 Å². The van der Waals surface area contributed by atoms with Crippen LogP contribution in [0.1, 0.15) is 24.0 Å². The second-order valence-electron chi connectivity index (χ2n) is 5.42. The number of hydrogen-bond donors (Lipinski definition) is 2. The highest BCUT2D eigenvalue weighted by Gasteiger charge is 2.19. The van der Waals surface area contributed by atoms with Crippen LogP contribution >= 0.6 is 0 Å². The van der Waals surface area contributed by atoms with E-state index in [1.165, 1.54) is 12.8 Å². The van der Waals surface area contributed by atoms with E-state index >= 15 is 0 Å². The molecular weight excluding hydrogens is 274 g/mol. The fourth-order valence-corrected chi connectivity index (χ4v) is 3.93. The van der Waals surface area contributed by atoms with Gasteiger partial charge in [-0.2, -0.15) is 0 Å². The summed E-state index contributed by atoms with van der Waals surface area (Å²) < 4.78 is 27.4. The van der Waals surface area contributed by atoms with Gasteiger partial charge >= 0.3 is 0 Å². The molecule has 1 aliphatic heterocycles. The Morgan fingerprint density at radius 2 is 1.90 bits per heavy atom. The van der Waals surface area contributed by atoms with Crippen molar-refractivity contribution in [3.63, 3.8) is 0 Å². The average Bonchev–Trinajstić information content (AvgIpc) is 2.86. The molecule has 0 atom stereocenters. The van der Waals surface area contributed by atoms with Crippen LogP contribution in [0.5, 0.6) is 0 Å². The van der Waals surface area contributed by atoms with Crippen LogP contribution in [0.3, 0.4) is 0 Å². The van der Waals surface area contributed by atoms with Gasteiger partial charge in [0, 0.05) is 18.8 Å². The Balaban J connectivity index is 2.06. The fraction of sp³-hybridized carbons (Fsp3) is 0.571. The quantitative estimate of drug-likeness (QED) is 0.802. The topological polar surface area (TPSA) is 75.4 Å². The number of anilines is 1. The molecule has 0 aromatic heterocycles. The first kappa shape index (κ1) is 15.3. The summed E-state index contributed by atoms with van der Waals surface area (Å²) in [5, 5.41) is 0. The molecule has 5 nitrogen and oxygen atoms in total. The number of hydrogen-bond acceptors (Lipinski definition) is 4. The zero-order valence-electron chi connectivity index (χ0n) is 12.1. The number of aryl methyl sites for hydroxylation is 1. The molecule has 112 valence electrons. The monoisotopic (exact) mass is 297 g/mol. The van der Waals surface area contributed by atoms with E-state index in [4.69, 9.17) is 5.73 Å². The molecule has 1 saturated heterocycles. The van der Waals surface area contributed by atoms with Gasteiger partial charge in [0.05, 0.1) is 4.90 Å². The van der Waals surface area contributed by atoms with Crippen molar-refractivity contribution in [2.24, 2.45) is 0 Å². The van der Waals surface area contributed by atoms with E-state index in [2.05, 4.69) is 9.62 Å². The van der Waals surface area contributed by atoms with Gasteiger partial charge in [0.15, 0.2) is 0 Å². The minimum atomic E-state index is -3.48. The molecule has 20 heavy (non-hydrogen) atoms. The SMILES string of the molecule is Cc1cc(N)c(C)c(S(=O)(=O)NCCN2CCCC2)c1. The first-order valence-electron chi connectivity index (χ1n) is 6.99. The van der Waals surface area contributed by atoms with E-state index in [-0.39, 0.29) is 4.90 Å². The Labute approximate surface area is 121 Å². The van der Waals surface area contributed by atoms with Crippen LogP contribution in [0.2, 0.25) is 0 Å². The van der Waals surface area contributed by atoms with Crippen LogP contribution in [-0.4, -0.2) is 39.5 Å². The summed E-state index contributed by atoms with van der Waals surface area (Å²) in [7, 11) is -3.48. The van der Waals surface area contributed by atoms with Gasteiger partial charge in [-0.15, -0.1) is 0 Å². The number of likely N-dealkylation sites (tertiary alicyclic amines) is 1. The van der Waals surface area contributed by atoms with E-state index in [1.807, 2.05) is 6.92 Å². The Hall–Kier alpha value is -1.11. The fourth-order valence-electron chi connectivity index (χ4n) is 2.55. The maximum atomic E-state index is 12.3. The van der Waals surface area contributed by atoms with E-state index in [0.717, 1.165) is 25.2 Å². The third kappa shape index (κ3) is 3.50. The van der Waals surface area contributed by atoms with Gasteiger partial charge in [-0.25, -0.2) is 13.1 Å². The maximum absolute atomic E-state index is 12.3. The molecule has 2 rings (SSSR count). The van der Waals surface area contributed by atoms with Crippen molar-refractivity contribution in [2.45, 2.75) is 31.6 Å². The molecule has 0 radical (unpaired) electrons. The Morgan fingerprint density at radius 1 is 1.25 bits per heavy atom. The molecule has 1 fully saturated rings. The van der Waals surface area contributed by atoms with E-state index < -0.39 is 10.0 Å². The van der Waals surface area contributed by atoms with Crippen LogP contribution in [0.25, 0.3) is 0 Å². The van der Waals surface area contributed by atoms with Crippen LogP contribution in [0.15, 0.2) is 17.0 Å². The predicted molar refractivity (Wildman–Crippen MR) is 81.2 cm³/mol. The van der Waals surface area contributed by atoms with Crippen molar-refractivity contribution in [1.82, 2.24) is 9.62 Å². The number of nitrogens with two attached hydrogens (primary N) is 1. The number of sulfonamides is 1. The lowest BCUT2D eigenvalue weighted by atomic mass is 10.1. The Morgan fingerprint density at radius 3 is 2.55 bits per heavy atom. The van der Waals surface area contributed by atoms with Crippen LogP contribution in [-0.2, 0) is 10.0 Å². The molecule has 0 spiro atoms. The highest BCUT2D eigenvalue weighted by molar-refractivity contribution is 7.89. The average molecular weight is 297 g/mol. The second kappa shape index (κ2) is 6.11. The Kier molecular flexibility index (Phi) is 4.67. The van der Waals surface area contributed by atoms with Gasteiger partial charge < -0.3 is 10.6 Å². The minimum absolute atomic E-state index is 0.288. The highest BCUT2D eigenvalue weighted by atomic mass is 32.2. The number of rotatable bonds is 5. The van der Waals surface area contributed by atoms with Crippen molar-refractivity contribution in [1.29, 1.82) is 0 Å². The summed E-state index contributed by atoms with van der Waals surface area (Å²) in [6.45, 7) is 6.92. The summed E-state index contributed by atoms with van der Waals surface area (Å²) in [5.41, 5.74) is 7.83.